The van der Waals surface area contributed by atoms with Gasteiger partial charge in [0, 0.05) is 84.5 Å². The number of hydrogen-bond donors (Lipinski definition) is 4. The topological polar surface area (TPSA) is 115 Å². The van der Waals surface area contributed by atoms with Crippen LogP contribution in [0.3, 0.4) is 0 Å². The van der Waals surface area contributed by atoms with Crippen molar-refractivity contribution in [3.05, 3.63) is 84.2 Å². The van der Waals surface area contributed by atoms with Crippen molar-refractivity contribution in [3.8, 4) is 0 Å². The van der Waals surface area contributed by atoms with Crippen LogP contribution in [0, 0.1) is 13.8 Å². The molecule has 4 N–H and O–H groups in total. The highest BCUT2D eigenvalue weighted by atomic mass is 16.2. The maximum Gasteiger partial charge on any atom is 0.323 e. The van der Waals surface area contributed by atoms with E-state index >= 15 is 0 Å². The molecule has 0 fully saturated rings. The number of carbonyl (C=O) groups excluding carboxylic acids is 2. The Morgan fingerprint density at radius 1 is 0.548 bits per heavy atom. The largest absolute Gasteiger partial charge is 0.377 e. The molecule has 0 atom stereocenters. The summed E-state index contributed by atoms with van der Waals surface area (Å²) in [6.07, 6.45) is 0. The van der Waals surface area contributed by atoms with Gasteiger partial charge in [-0.2, -0.15) is 0 Å². The summed E-state index contributed by atoms with van der Waals surface area (Å²) in [5.74, 6) is 0. The second kappa shape index (κ2) is 11.6. The summed E-state index contributed by atoms with van der Waals surface area (Å²) in [6, 6.07) is 21.4. The lowest BCUT2D eigenvalue weighted by molar-refractivity contribution is 0.261. The summed E-state index contributed by atoms with van der Waals surface area (Å²) in [5.41, 5.74) is 7.94. The predicted molar refractivity (Wildman–Crippen MR) is 173 cm³/mol. The Morgan fingerprint density at radius 3 is 1.31 bits per heavy atom. The lowest BCUT2D eigenvalue weighted by Gasteiger charge is -2.17. The molecule has 5 aromatic rings. The summed E-state index contributed by atoms with van der Waals surface area (Å²) >= 11 is 0. The zero-order valence-corrected chi connectivity index (χ0v) is 24.5. The van der Waals surface area contributed by atoms with E-state index < -0.39 is 12.1 Å². The van der Waals surface area contributed by atoms with E-state index in [-0.39, 0.29) is 0 Å². The fourth-order valence-corrected chi connectivity index (χ4v) is 4.83. The van der Waals surface area contributed by atoms with E-state index in [0.717, 1.165) is 44.6 Å². The molecule has 3 aromatic carbocycles. The minimum absolute atomic E-state index is 0.404. The number of urea groups is 2. The van der Waals surface area contributed by atoms with Crippen LogP contribution in [0.4, 0.5) is 43.7 Å². The Morgan fingerprint density at radius 2 is 0.929 bits per heavy atom. The lowest BCUT2D eigenvalue weighted by atomic mass is 10.1. The van der Waals surface area contributed by atoms with Crippen LogP contribution < -0.4 is 31.1 Å². The normalized spacial score (nSPS) is 10.8. The number of anilines is 6. The Balaban J connectivity index is 1.25. The quantitative estimate of drug-likeness (QED) is 0.181. The molecule has 0 saturated carbocycles. The van der Waals surface area contributed by atoms with Gasteiger partial charge >= 0.3 is 12.1 Å². The molecule has 4 amide bonds. The van der Waals surface area contributed by atoms with Crippen LogP contribution in [-0.4, -0.2) is 50.2 Å². The highest BCUT2D eigenvalue weighted by Crippen LogP contribution is 2.29. The van der Waals surface area contributed by atoms with E-state index in [0.29, 0.717) is 22.7 Å². The van der Waals surface area contributed by atoms with E-state index in [1.165, 1.54) is 0 Å². The van der Waals surface area contributed by atoms with E-state index in [9.17, 15) is 9.59 Å². The van der Waals surface area contributed by atoms with Gasteiger partial charge in [0.2, 0.25) is 0 Å². The van der Waals surface area contributed by atoms with Crippen molar-refractivity contribution in [1.29, 1.82) is 0 Å². The highest BCUT2D eigenvalue weighted by Gasteiger charge is 2.11. The first-order valence-electron chi connectivity index (χ1n) is 13.5. The molecular formula is C32H34N8O2. The third kappa shape index (κ3) is 6.33. The summed E-state index contributed by atoms with van der Waals surface area (Å²) in [7, 11) is 7.90. The molecular weight excluding hydrogens is 528 g/mol. The van der Waals surface area contributed by atoms with Crippen LogP contribution >= 0.6 is 0 Å². The Hall–Kier alpha value is -5.38. The molecule has 0 saturated heterocycles. The summed E-state index contributed by atoms with van der Waals surface area (Å²) in [4.78, 5) is 38.9. The van der Waals surface area contributed by atoms with Crippen LogP contribution in [0.1, 0.15) is 11.4 Å². The molecule has 0 aliphatic rings. The summed E-state index contributed by atoms with van der Waals surface area (Å²) in [6.45, 7) is 3.92. The number of nitrogens with zero attached hydrogens (tertiary/aromatic N) is 4. The Labute approximate surface area is 244 Å². The van der Waals surface area contributed by atoms with Gasteiger partial charge in [0.15, 0.2) is 0 Å². The van der Waals surface area contributed by atoms with E-state index in [1.54, 1.807) is 24.3 Å². The van der Waals surface area contributed by atoms with Gasteiger partial charge in [0.1, 0.15) is 0 Å². The monoisotopic (exact) mass is 562 g/mol. The van der Waals surface area contributed by atoms with E-state index in [2.05, 4.69) is 31.2 Å². The zero-order valence-electron chi connectivity index (χ0n) is 24.5. The minimum Gasteiger partial charge on any atom is -0.377 e. The molecule has 2 aromatic heterocycles. The van der Waals surface area contributed by atoms with Crippen molar-refractivity contribution < 1.29 is 9.59 Å². The predicted octanol–water partition coefficient (Wildman–Crippen LogP) is 6.82. The van der Waals surface area contributed by atoms with Crippen molar-refractivity contribution in [3.63, 3.8) is 0 Å². The molecule has 0 bridgehead atoms. The van der Waals surface area contributed by atoms with Crippen LogP contribution in [0.25, 0.3) is 21.8 Å². The molecule has 214 valence electrons. The van der Waals surface area contributed by atoms with Crippen molar-refractivity contribution >= 4 is 68.0 Å². The molecule has 10 heteroatoms. The number of rotatable bonds is 6. The standard InChI is InChI=1S/C32H34N8O2/c1-19-14-29(39(3)4)25-17-23(10-12-27(25)33-19)37-31(41)35-21-8-7-9-22(16-21)36-32(42)38-24-11-13-28-26(18-24)30(40(5)6)15-20(2)34-28/h7-18H,1-6H3,(H2,35,37,41)(H2,36,38,42). The highest BCUT2D eigenvalue weighted by molar-refractivity contribution is 6.04. The van der Waals surface area contributed by atoms with Gasteiger partial charge in [0.05, 0.1) is 11.0 Å². The average molecular weight is 563 g/mol. The number of hydrogen-bond acceptors (Lipinski definition) is 6. The molecule has 0 aliphatic heterocycles. The molecule has 0 aliphatic carbocycles. The maximum absolute atomic E-state index is 12.8. The maximum atomic E-state index is 12.8. The fraction of sp³-hybridized carbons (Fsp3) is 0.188. The van der Waals surface area contributed by atoms with Crippen LogP contribution in [0.2, 0.25) is 0 Å². The van der Waals surface area contributed by atoms with E-state index in [4.69, 9.17) is 0 Å². The van der Waals surface area contributed by atoms with Crippen molar-refractivity contribution in [2.45, 2.75) is 13.8 Å². The van der Waals surface area contributed by atoms with Gasteiger partial charge in [-0.25, -0.2) is 9.59 Å². The average Bonchev–Trinajstić information content (AvgIpc) is 2.92. The lowest BCUT2D eigenvalue weighted by Crippen LogP contribution is -2.21. The van der Waals surface area contributed by atoms with Crippen molar-refractivity contribution in [2.24, 2.45) is 0 Å². The second-order valence-corrected chi connectivity index (χ2v) is 10.6. The molecule has 10 nitrogen and oxygen atoms in total. The first kappa shape index (κ1) is 28.2. The second-order valence-electron chi connectivity index (χ2n) is 10.6. The van der Waals surface area contributed by atoms with Gasteiger partial charge in [0.25, 0.3) is 0 Å². The Kier molecular flexibility index (Phi) is 7.79. The van der Waals surface area contributed by atoms with Gasteiger partial charge in [-0.05, 0) is 80.6 Å². The number of aromatic nitrogens is 2. The number of pyridine rings is 2. The fourth-order valence-electron chi connectivity index (χ4n) is 4.83. The first-order chi connectivity index (χ1) is 20.0. The van der Waals surface area contributed by atoms with Gasteiger partial charge in [-0.15, -0.1) is 0 Å². The minimum atomic E-state index is -0.404. The first-order valence-corrected chi connectivity index (χ1v) is 13.5. The Bertz CT molecular complexity index is 1690. The van der Waals surface area contributed by atoms with Crippen molar-refractivity contribution in [2.75, 3.05) is 59.3 Å². The zero-order chi connectivity index (χ0) is 30.0. The SMILES string of the molecule is Cc1cc(N(C)C)c2cc(NC(=O)Nc3cccc(NC(=O)Nc4ccc5nc(C)cc(N(C)C)c5c4)c3)ccc2n1. The molecule has 0 unspecified atom stereocenters. The van der Waals surface area contributed by atoms with Crippen LogP contribution in [0.5, 0.6) is 0 Å². The van der Waals surface area contributed by atoms with Crippen LogP contribution in [-0.2, 0) is 0 Å². The number of benzene rings is 3. The van der Waals surface area contributed by atoms with Gasteiger partial charge in [-0.3, -0.25) is 9.97 Å². The number of nitrogens with one attached hydrogen (secondary N) is 4. The molecule has 5 rings (SSSR count). The third-order valence-corrected chi connectivity index (χ3v) is 6.69. The van der Waals surface area contributed by atoms with Crippen LogP contribution in [0.15, 0.2) is 72.8 Å². The van der Waals surface area contributed by atoms with E-state index in [1.807, 2.05) is 100 Å². The number of amides is 4. The summed E-state index contributed by atoms with van der Waals surface area (Å²) < 4.78 is 0. The van der Waals surface area contributed by atoms with Gasteiger partial charge < -0.3 is 31.1 Å². The number of aryl methyl sites for hydroxylation is 2. The van der Waals surface area contributed by atoms with Crippen molar-refractivity contribution in [1.82, 2.24) is 9.97 Å². The molecule has 0 spiro atoms. The smallest absolute Gasteiger partial charge is 0.323 e. The third-order valence-electron chi connectivity index (χ3n) is 6.69. The van der Waals surface area contributed by atoms with Gasteiger partial charge in [-0.1, -0.05) is 6.07 Å². The molecule has 0 radical (unpaired) electrons. The number of carbonyl (C=O) groups is 2. The molecule has 42 heavy (non-hydrogen) atoms. The molecule has 2 heterocycles. The summed E-state index contributed by atoms with van der Waals surface area (Å²) in [5, 5.41) is 13.3. The number of fused-ring (bicyclic) bond motifs is 2.